The van der Waals surface area contributed by atoms with Crippen molar-refractivity contribution in [2.75, 3.05) is 41.4 Å². The van der Waals surface area contributed by atoms with Gasteiger partial charge in [-0.1, -0.05) is 18.9 Å². The zero-order valence-electron chi connectivity index (χ0n) is 21.1. The van der Waals surface area contributed by atoms with Gasteiger partial charge in [-0.05, 0) is 77.6 Å². The Labute approximate surface area is 200 Å². The molecule has 6 nitrogen and oxygen atoms in total. The summed E-state index contributed by atoms with van der Waals surface area (Å²) in [7, 11) is 7.60. The lowest BCUT2D eigenvalue weighted by Crippen LogP contribution is -2.57. The van der Waals surface area contributed by atoms with E-state index in [2.05, 4.69) is 34.9 Å². The fourth-order valence-electron chi connectivity index (χ4n) is 5.98. The third-order valence-corrected chi connectivity index (χ3v) is 7.92. The Hall–Kier alpha value is -1.79. The predicted molar refractivity (Wildman–Crippen MR) is 132 cm³/mol. The van der Waals surface area contributed by atoms with Crippen molar-refractivity contribution in [2.24, 2.45) is 5.92 Å². The molecule has 6 heteroatoms. The number of fused-ring (bicyclic) bond motifs is 1. The smallest absolute Gasteiger partial charge is 0.240 e. The number of carbonyl (C=O) groups excluding carboxylic acids is 1. The van der Waals surface area contributed by atoms with E-state index in [-0.39, 0.29) is 6.04 Å². The molecule has 4 rings (SSSR count). The third kappa shape index (κ3) is 5.83. The van der Waals surface area contributed by atoms with Crippen molar-refractivity contribution >= 4 is 5.91 Å². The van der Waals surface area contributed by atoms with Gasteiger partial charge in [-0.25, -0.2) is 0 Å². The number of benzene rings is 1. The zero-order valence-corrected chi connectivity index (χ0v) is 21.1. The van der Waals surface area contributed by atoms with Crippen molar-refractivity contribution in [3.63, 3.8) is 0 Å². The highest BCUT2D eigenvalue weighted by Gasteiger charge is 2.43. The van der Waals surface area contributed by atoms with Gasteiger partial charge in [0.15, 0.2) is 0 Å². The maximum Gasteiger partial charge on any atom is 0.240 e. The van der Waals surface area contributed by atoms with Crippen LogP contribution in [-0.4, -0.2) is 80.1 Å². The summed E-state index contributed by atoms with van der Waals surface area (Å²) in [5, 5.41) is 0. The lowest BCUT2D eigenvalue weighted by molar-refractivity contribution is -0.144. The van der Waals surface area contributed by atoms with E-state index in [0.717, 1.165) is 49.5 Å². The Bertz CT molecular complexity index is 793. The highest BCUT2D eigenvalue weighted by atomic mass is 16.5. The van der Waals surface area contributed by atoms with Gasteiger partial charge in [-0.2, -0.15) is 0 Å². The number of rotatable bonds is 10. The number of ether oxygens (including phenoxy) is 2. The van der Waals surface area contributed by atoms with Crippen LogP contribution in [0.25, 0.3) is 0 Å². The van der Waals surface area contributed by atoms with Crippen LogP contribution in [0.5, 0.6) is 11.5 Å². The Morgan fingerprint density at radius 1 is 1.06 bits per heavy atom. The monoisotopic (exact) mass is 457 g/mol. The van der Waals surface area contributed by atoms with E-state index in [1.807, 2.05) is 12.1 Å². The van der Waals surface area contributed by atoms with Crippen LogP contribution < -0.4 is 9.47 Å². The van der Waals surface area contributed by atoms with Crippen molar-refractivity contribution in [1.82, 2.24) is 14.7 Å². The number of methoxy groups -OCH3 is 2. The fraction of sp³-hybridized carbons (Fsp3) is 0.741. The van der Waals surface area contributed by atoms with Crippen molar-refractivity contribution in [3.05, 3.63) is 23.8 Å². The molecule has 0 N–H and O–H groups in total. The molecule has 0 aromatic heterocycles. The molecule has 1 saturated heterocycles. The van der Waals surface area contributed by atoms with Crippen LogP contribution >= 0.6 is 0 Å². The zero-order chi connectivity index (χ0) is 23.4. The Kier molecular flexibility index (Phi) is 8.18. The second-order valence-electron chi connectivity index (χ2n) is 10.5. The molecule has 3 atom stereocenters. The molecule has 184 valence electrons. The van der Waals surface area contributed by atoms with Crippen LogP contribution in [-0.2, 0) is 11.3 Å². The van der Waals surface area contributed by atoms with Crippen LogP contribution in [0.15, 0.2) is 18.2 Å². The van der Waals surface area contributed by atoms with E-state index in [4.69, 9.17) is 9.47 Å². The second kappa shape index (κ2) is 11.1. The lowest BCUT2D eigenvalue weighted by Gasteiger charge is -2.46. The maximum atomic E-state index is 14.2. The number of hydrogen-bond acceptors (Lipinski definition) is 5. The quantitative estimate of drug-likeness (QED) is 0.528. The first kappa shape index (κ1) is 24.3. The van der Waals surface area contributed by atoms with E-state index < -0.39 is 0 Å². The summed E-state index contributed by atoms with van der Waals surface area (Å²) in [6.07, 6.45) is 10.8. The second-order valence-corrected chi connectivity index (χ2v) is 10.5. The van der Waals surface area contributed by atoms with Gasteiger partial charge in [0, 0.05) is 36.8 Å². The lowest BCUT2D eigenvalue weighted by atomic mass is 9.78. The summed E-state index contributed by atoms with van der Waals surface area (Å²) in [4.78, 5) is 21.2. The number of nitrogens with zero attached hydrogens (tertiary/aromatic N) is 3. The van der Waals surface area contributed by atoms with Gasteiger partial charge in [-0.15, -0.1) is 0 Å². The molecule has 1 aromatic rings. The molecule has 1 heterocycles. The van der Waals surface area contributed by atoms with Gasteiger partial charge < -0.3 is 19.3 Å². The van der Waals surface area contributed by atoms with Crippen LogP contribution in [0.2, 0.25) is 0 Å². The molecule has 2 saturated carbocycles. The van der Waals surface area contributed by atoms with Crippen molar-refractivity contribution < 1.29 is 14.3 Å². The minimum atomic E-state index is -0.0765. The Morgan fingerprint density at radius 2 is 1.82 bits per heavy atom. The molecular weight excluding hydrogens is 414 g/mol. The van der Waals surface area contributed by atoms with Crippen LogP contribution in [0.4, 0.5) is 0 Å². The van der Waals surface area contributed by atoms with E-state index in [0.29, 0.717) is 23.9 Å². The van der Waals surface area contributed by atoms with Gasteiger partial charge in [0.2, 0.25) is 5.91 Å². The predicted octanol–water partition coefficient (Wildman–Crippen LogP) is 4.17. The molecule has 0 spiro atoms. The first-order chi connectivity index (χ1) is 16.0. The van der Waals surface area contributed by atoms with Crippen molar-refractivity contribution in [1.29, 1.82) is 0 Å². The minimum absolute atomic E-state index is 0.0765. The third-order valence-electron chi connectivity index (χ3n) is 7.92. The van der Waals surface area contributed by atoms with Gasteiger partial charge in [0.25, 0.3) is 0 Å². The summed E-state index contributed by atoms with van der Waals surface area (Å²) >= 11 is 0. The standard InChI is InChI=1S/C27H43N3O3/c1-28(2)17-15-25(27(31)29-16-7-9-20-8-5-6-10-24(20)29)30(22-12-13-22)19-21-11-14-23(32-3)18-26(21)33-4/h11,14,18,20,22,24-25H,5-10,12-13,15-17,19H2,1-4H3/t20-,24+,25-/m1/s1. The van der Waals surface area contributed by atoms with Gasteiger partial charge in [0.1, 0.15) is 11.5 Å². The van der Waals surface area contributed by atoms with E-state index in [1.54, 1.807) is 14.2 Å². The molecule has 3 aliphatic rings. The molecule has 1 aromatic carbocycles. The fourth-order valence-corrected chi connectivity index (χ4v) is 5.98. The molecule has 3 fully saturated rings. The van der Waals surface area contributed by atoms with Crippen molar-refractivity contribution in [3.8, 4) is 11.5 Å². The minimum Gasteiger partial charge on any atom is -0.497 e. The molecular formula is C27H43N3O3. The van der Waals surface area contributed by atoms with E-state index in [1.165, 1.54) is 44.9 Å². The molecule has 0 unspecified atom stereocenters. The summed E-state index contributed by atoms with van der Waals surface area (Å²) in [5.74, 6) is 2.71. The van der Waals surface area contributed by atoms with Crippen molar-refractivity contribution in [2.45, 2.75) is 82.5 Å². The van der Waals surface area contributed by atoms with Crippen LogP contribution in [0, 0.1) is 5.92 Å². The average Bonchev–Trinajstić information content (AvgIpc) is 3.68. The number of likely N-dealkylation sites (tertiary alicyclic amines) is 1. The summed E-state index contributed by atoms with van der Waals surface area (Å²) in [6.45, 7) is 2.59. The van der Waals surface area contributed by atoms with Gasteiger partial charge >= 0.3 is 0 Å². The average molecular weight is 458 g/mol. The number of piperidine rings is 1. The molecule has 0 radical (unpaired) electrons. The molecule has 1 aliphatic heterocycles. The van der Waals surface area contributed by atoms with E-state index >= 15 is 0 Å². The highest BCUT2D eigenvalue weighted by molar-refractivity contribution is 5.82. The molecule has 1 amide bonds. The summed E-state index contributed by atoms with van der Waals surface area (Å²) < 4.78 is 11.1. The maximum absolute atomic E-state index is 14.2. The topological polar surface area (TPSA) is 45.2 Å². The Morgan fingerprint density at radius 3 is 2.52 bits per heavy atom. The molecule has 2 aliphatic carbocycles. The first-order valence-electron chi connectivity index (χ1n) is 12.9. The SMILES string of the molecule is COc1ccc(CN(C2CC2)[C@H](CCN(C)C)C(=O)N2CCC[C@H]3CCCC[C@@H]32)c(OC)c1. The normalized spacial score (nSPS) is 24.0. The van der Waals surface area contributed by atoms with Gasteiger partial charge in [0.05, 0.1) is 20.3 Å². The van der Waals surface area contributed by atoms with Gasteiger partial charge in [-0.3, -0.25) is 9.69 Å². The first-order valence-corrected chi connectivity index (χ1v) is 12.9. The number of amides is 1. The molecule has 0 bridgehead atoms. The highest BCUT2D eigenvalue weighted by Crippen LogP contribution is 2.38. The van der Waals surface area contributed by atoms with E-state index in [9.17, 15) is 4.79 Å². The largest absolute Gasteiger partial charge is 0.497 e. The number of hydrogen-bond donors (Lipinski definition) is 0. The summed E-state index contributed by atoms with van der Waals surface area (Å²) in [6, 6.07) is 6.91. The van der Waals surface area contributed by atoms with Crippen LogP contribution in [0.3, 0.4) is 0 Å². The molecule has 33 heavy (non-hydrogen) atoms. The Balaban J connectivity index is 1.59. The van der Waals surface area contributed by atoms with Crippen LogP contribution in [0.1, 0.15) is 63.4 Å². The number of carbonyl (C=O) groups is 1. The summed E-state index contributed by atoms with van der Waals surface area (Å²) in [5.41, 5.74) is 1.13.